The summed E-state index contributed by atoms with van der Waals surface area (Å²) in [6, 6.07) is 11.3. The van der Waals surface area contributed by atoms with Gasteiger partial charge in [0.25, 0.3) is 5.56 Å². The molecule has 0 aliphatic rings. The van der Waals surface area contributed by atoms with E-state index < -0.39 is 0 Å². The molecule has 29 heavy (non-hydrogen) atoms. The number of methoxy groups -OCH3 is 1. The third-order valence-corrected chi connectivity index (χ3v) is 5.77. The van der Waals surface area contributed by atoms with Crippen molar-refractivity contribution in [3.05, 3.63) is 58.3 Å². The summed E-state index contributed by atoms with van der Waals surface area (Å²) >= 11 is 2.94. The summed E-state index contributed by atoms with van der Waals surface area (Å²) in [6.07, 6.45) is 1.07. The van der Waals surface area contributed by atoms with Crippen molar-refractivity contribution in [1.82, 2.24) is 24.7 Å². The molecule has 152 valence electrons. The van der Waals surface area contributed by atoms with Gasteiger partial charge in [-0.3, -0.25) is 14.2 Å². The maximum atomic E-state index is 11.7. The van der Waals surface area contributed by atoms with E-state index in [2.05, 4.69) is 24.9 Å². The van der Waals surface area contributed by atoms with Crippen LogP contribution < -0.4 is 5.56 Å². The Hall–Kier alpha value is -2.59. The number of thioether (sulfide) groups is 2. The number of nitrogens with one attached hydrogen (secondary N) is 1. The molecule has 10 heteroatoms. The highest BCUT2D eigenvalue weighted by atomic mass is 32.2. The average Bonchev–Trinajstić information content (AvgIpc) is 3.12. The highest BCUT2D eigenvalue weighted by Crippen LogP contribution is 2.26. The van der Waals surface area contributed by atoms with Gasteiger partial charge in [-0.25, -0.2) is 4.98 Å². The van der Waals surface area contributed by atoms with Crippen molar-refractivity contribution < 1.29 is 9.53 Å². The molecule has 0 saturated carbocycles. The summed E-state index contributed by atoms with van der Waals surface area (Å²) < 4.78 is 6.66. The molecule has 0 fully saturated rings. The van der Waals surface area contributed by atoms with E-state index in [0.717, 1.165) is 22.4 Å². The zero-order valence-corrected chi connectivity index (χ0v) is 17.8. The molecule has 0 saturated heterocycles. The quantitative estimate of drug-likeness (QED) is 0.239. The van der Waals surface area contributed by atoms with Crippen LogP contribution in [0.25, 0.3) is 5.69 Å². The lowest BCUT2D eigenvalue weighted by atomic mass is 10.3. The highest BCUT2D eigenvalue weighted by molar-refractivity contribution is 7.99. The fraction of sp³-hybridized carbons (Fsp3) is 0.316. The van der Waals surface area contributed by atoms with Gasteiger partial charge in [0.05, 0.1) is 12.9 Å². The van der Waals surface area contributed by atoms with Crippen molar-refractivity contribution in [2.24, 2.45) is 0 Å². The van der Waals surface area contributed by atoms with Gasteiger partial charge in [-0.2, -0.15) is 0 Å². The molecule has 0 spiro atoms. The molecule has 0 amide bonds. The lowest BCUT2D eigenvalue weighted by molar-refractivity contribution is -0.140. The second kappa shape index (κ2) is 10.3. The lowest BCUT2D eigenvalue weighted by Gasteiger charge is -2.10. The first kappa shape index (κ1) is 21.1. The number of carbonyl (C=O) groups excluding carboxylic acids is 1. The van der Waals surface area contributed by atoms with E-state index in [-0.39, 0.29) is 11.5 Å². The largest absolute Gasteiger partial charge is 0.469 e. The van der Waals surface area contributed by atoms with Crippen LogP contribution in [-0.2, 0) is 15.3 Å². The number of nitrogens with zero attached hydrogens (tertiary/aromatic N) is 4. The maximum absolute atomic E-state index is 11.7. The Morgan fingerprint density at radius 3 is 2.72 bits per heavy atom. The zero-order chi connectivity index (χ0) is 20.6. The van der Waals surface area contributed by atoms with Gasteiger partial charge in [0.15, 0.2) is 10.3 Å². The van der Waals surface area contributed by atoms with E-state index in [1.54, 1.807) is 18.7 Å². The summed E-state index contributed by atoms with van der Waals surface area (Å²) in [5, 5.41) is 9.97. The number of ether oxygens (including phenoxy) is 1. The number of H-pyrrole nitrogens is 1. The molecule has 0 unspecified atom stereocenters. The second-order valence-electron chi connectivity index (χ2n) is 6.08. The van der Waals surface area contributed by atoms with Gasteiger partial charge in [-0.05, 0) is 25.5 Å². The molecule has 3 rings (SSSR count). The summed E-state index contributed by atoms with van der Waals surface area (Å²) in [7, 11) is 1.39. The Morgan fingerprint density at radius 2 is 2.00 bits per heavy atom. The van der Waals surface area contributed by atoms with E-state index >= 15 is 0 Å². The Balaban J connectivity index is 1.76. The average molecular weight is 432 g/mol. The van der Waals surface area contributed by atoms with Crippen LogP contribution >= 0.6 is 23.5 Å². The minimum absolute atomic E-state index is 0.175. The summed E-state index contributed by atoms with van der Waals surface area (Å²) in [4.78, 5) is 30.0. The van der Waals surface area contributed by atoms with Crippen LogP contribution in [0.2, 0.25) is 0 Å². The molecule has 0 aliphatic heterocycles. The van der Waals surface area contributed by atoms with Gasteiger partial charge < -0.3 is 9.72 Å². The number of benzene rings is 1. The summed E-state index contributed by atoms with van der Waals surface area (Å²) in [5.74, 6) is 1.75. The lowest BCUT2D eigenvalue weighted by Crippen LogP contribution is -2.08. The maximum Gasteiger partial charge on any atom is 0.305 e. The third kappa shape index (κ3) is 5.94. The first-order valence-electron chi connectivity index (χ1n) is 8.97. The van der Waals surface area contributed by atoms with Crippen molar-refractivity contribution >= 4 is 29.5 Å². The topological polar surface area (TPSA) is 103 Å². The number of para-hydroxylation sites is 1. The molecule has 0 aliphatic carbocycles. The number of hydrogen-bond acceptors (Lipinski definition) is 8. The third-order valence-electron chi connectivity index (χ3n) is 3.88. The number of aromatic amines is 1. The number of rotatable bonds is 9. The van der Waals surface area contributed by atoms with Gasteiger partial charge in [0, 0.05) is 29.6 Å². The van der Waals surface area contributed by atoms with Gasteiger partial charge in [-0.1, -0.05) is 41.7 Å². The Morgan fingerprint density at radius 1 is 1.21 bits per heavy atom. The van der Waals surface area contributed by atoms with Crippen molar-refractivity contribution in [2.45, 2.75) is 35.8 Å². The SMILES string of the molecule is COC(=O)CCCSc1nnc(CSc2nc(C)cc(=O)[nH]2)n1-c1ccccc1. The Labute approximate surface area is 176 Å². The molecule has 3 aromatic rings. The molecule has 0 bridgehead atoms. The van der Waals surface area contributed by atoms with Crippen LogP contribution in [0.4, 0.5) is 0 Å². The van der Waals surface area contributed by atoms with Crippen molar-refractivity contribution in [1.29, 1.82) is 0 Å². The summed E-state index contributed by atoms with van der Waals surface area (Å²) in [5.41, 5.74) is 1.45. The molecular weight excluding hydrogens is 410 g/mol. The van der Waals surface area contributed by atoms with E-state index in [1.165, 1.54) is 24.9 Å². The summed E-state index contributed by atoms with van der Waals surface area (Å²) in [6.45, 7) is 1.79. The zero-order valence-electron chi connectivity index (χ0n) is 16.1. The van der Waals surface area contributed by atoms with Crippen LogP contribution in [0.15, 0.2) is 51.5 Å². The number of esters is 1. The van der Waals surface area contributed by atoms with E-state index in [0.29, 0.717) is 29.4 Å². The fourth-order valence-electron chi connectivity index (χ4n) is 2.56. The smallest absolute Gasteiger partial charge is 0.305 e. The number of aryl methyl sites for hydroxylation is 1. The predicted molar refractivity (Wildman–Crippen MR) is 112 cm³/mol. The standard InChI is InChI=1S/C19H21N5O3S2/c1-13-11-16(25)21-18(20-13)29-12-15-22-23-19(28-10-6-9-17(26)27-2)24(15)14-7-4-3-5-8-14/h3-5,7-8,11H,6,9-10,12H2,1-2H3,(H,20,21,25). The minimum atomic E-state index is -0.216. The van der Waals surface area contributed by atoms with Crippen molar-refractivity contribution in [3.63, 3.8) is 0 Å². The van der Waals surface area contributed by atoms with Crippen LogP contribution in [0.5, 0.6) is 0 Å². The number of hydrogen-bond donors (Lipinski definition) is 1. The molecule has 2 aromatic heterocycles. The van der Waals surface area contributed by atoms with E-state index in [4.69, 9.17) is 0 Å². The molecule has 0 atom stereocenters. The molecule has 0 radical (unpaired) electrons. The normalized spacial score (nSPS) is 10.8. The van der Waals surface area contributed by atoms with Crippen LogP contribution in [0, 0.1) is 6.92 Å². The first-order chi connectivity index (χ1) is 14.1. The molecule has 1 N–H and O–H groups in total. The molecular formula is C19H21N5O3S2. The van der Waals surface area contributed by atoms with Crippen molar-refractivity contribution in [2.75, 3.05) is 12.9 Å². The monoisotopic (exact) mass is 431 g/mol. The number of carbonyl (C=O) groups is 1. The first-order valence-corrected chi connectivity index (χ1v) is 10.9. The predicted octanol–water partition coefficient (Wildman–Crippen LogP) is 3.00. The van der Waals surface area contributed by atoms with Gasteiger partial charge in [-0.15, -0.1) is 10.2 Å². The molecule has 2 heterocycles. The van der Waals surface area contributed by atoms with Crippen LogP contribution in [0.3, 0.4) is 0 Å². The van der Waals surface area contributed by atoms with Gasteiger partial charge in [0.2, 0.25) is 0 Å². The van der Waals surface area contributed by atoms with Crippen LogP contribution in [0.1, 0.15) is 24.4 Å². The fourth-order valence-corrected chi connectivity index (χ4v) is 4.30. The van der Waals surface area contributed by atoms with Crippen molar-refractivity contribution in [3.8, 4) is 5.69 Å². The number of aromatic nitrogens is 5. The van der Waals surface area contributed by atoms with E-state index in [9.17, 15) is 9.59 Å². The van der Waals surface area contributed by atoms with Crippen LogP contribution in [-0.4, -0.2) is 43.6 Å². The Bertz CT molecular complexity index is 1020. The Kier molecular flexibility index (Phi) is 7.48. The molecule has 1 aromatic carbocycles. The van der Waals surface area contributed by atoms with Gasteiger partial charge in [0.1, 0.15) is 5.82 Å². The van der Waals surface area contributed by atoms with E-state index in [1.807, 2.05) is 34.9 Å². The molecule has 8 nitrogen and oxygen atoms in total. The second-order valence-corrected chi connectivity index (χ2v) is 8.10. The highest BCUT2D eigenvalue weighted by Gasteiger charge is 2.15. The minimum Gasteiger partial charge on any atom is -0.469 e. The van der Waals surface area contributed by atoms with Gasteiger partial charge >= 0.3 is 5.97 Å².